The number of aromatic nitrogens is 5. The third-order valence-electron chi connectivity index (χ3n) is 7.31. The number of fused-ring (bicyclic) bond motifs is 2. The number of alkyl halides is 3. The number of halogens is 3. The van der Waals surface area contributed by atoms with E-state index in [9.17, 15) is 18.0 Å². The Morgan fingerprint density at radius 1 is 1.07 bits per heavy atom. The van der Waals surface area contributed by atoms with E-state index in [0.717, 1.165) is 25.3 Å². The van der Waals surface area contributed by atoms with Crippen molar-refractivity contribution in [3.63, 3.8) is 0 Å². The second-order valence-corrected chi connectivity index (χ2v) is 9.88. The van der Waals surface area contributed by atoms with Gasteiger partial charge in [0.2, 0.25) is 0 Å². The van der Waals surface area contributed by atoms with Gasteiger partial charge in [-0.05, 0) is 55.8 Å². The molecule has 0 saturated carbocycles. The number of para-hydroxylation sites is 1. The molecule has 6 rings (SSSR count). The lowest BCUT2D eigenvalue weighted by molar-refractivity contribution is -0.136. The summed E-state index contributed by atoms with van der Waals surface area (Å²) in [5, 5.41) is 3.26. The normalized spacial score (nSPS) is 16.9. The first-order chi connectivity index (χ1) is 19.3. The Bertz CT molecular complexity index is 1730. The summed E-state index contributed by atoms with van der Waals surface area (Å²) in [6.07, 6.45) is 1.41. The number of imidazole rings is 1. The molecule has 4 heterocycles. The molecule has 0 spiro atoms. The van der Waals surface area contributed by atoms with Crippen molar-refractivity contribution < 1.29 is 17.9 Å². The van der Waals surface area contributed by atoms with Gasteiger partial charge >= 0.3 is 6.18 Å². The minimum atomic E-state index is -4.66. The van der Waals surface area contributed by atoms with Crippen LogP contribution in [0.25, 0.3) is 27.6 Å². The molecule has 1 fully saturated rings. The fraction of sp³-hybridized carbons (Fsp3) is 0.310. The highest BCUT2D eigenvalue weighted by molar-refractivity contribution is 5.86. The molecule has 2 atom stereocenters. The maximum Gasteiger partial charge on any atom is 0.417 e. The Balaban J connectivity index is 1.38. The van der Waals surface area contributed by atoms with Crippen molar-refractivity contribution in [1.82, 2.24) is 29.4 Å². The minimum Gasteiger partial charge on any atom is -0.358 e. The molecule has 1 unspecified atom stereocenters. The lowest BCUT2D eigenvalue weighted by Gasteiger charge is -2.23. The van der Waals surface area contributed by atoms with Gasteiger partial charge in [0, 0.05) is 30.6 Å². The summed E-state index contributed by atoms with van der Waals surface area (Å²) in [5.74, 6) is 0. The van der Waals surface area contributed by atoms with Gasteiger partial charge in [0.1, 0.15) is 18.1 Å². The second-order valence-electron chi connectivity index (χ2n) is 9.88. The van der Waals surface area contributed by atoms with Crippen LogP contribution in [0.1, 0.15) is 55.4 Å². The lowest BCUT2D eigenvalue weighted by atomic mass is 10.0. The molecule has 5 aromatic rings. The summed E-state index contributed by atoms with van der Waals surface area (Å²) in [4.78, 5) is 27.1. The number of rotatable bonds is 6. The highest BCUT2D eigenvalue weighted by Gasteiger charge is 2.34. The van der Waals surface area contributed by atoms with E-state index in [4.69, 9.17) is 4.74 Å². The summed E-state index contributed by atoms with van der Waals surface area (Å²) >= 11 is 0. The van der Waals surface area contributed by atoms with E-state index in [1.165, 1.54) is 23.0 Å². The fourth-order valence-electron chi connectivity index (χ4n) is 5.32. The van der Waals surface area contributed by atoms with Gasteiger partial charge in [-0.1, -0.05) is 30.3 Å². The van der Waals surface area contributed by atoms with E-state index in [0.29, 0.717) is 41.4 Å². The molecule has 206 valence electrons. The number of pyridine rings is 1. The van der Waals surface area contributed by atoms with Gasteiger partial charge in [-0.25, -0.2) is 15.0 Å². The van der Waals surface area contributed by atoms with Crippen LogP contribution in [0.3, 0.4) is 0 Å². The van der Waals surface area contributed by atoms with Gasteiger partial charge in [0.05, 0.1) is 23.0 Å². The summed E-state index contributed by atoms with van der Waals surface area (Å²) in [6.45, 7) is 2.85. The van der Waals surface area contributed by atoms with E-state index in [-0.39, 0.29) is 17.0 Å². The van der Waals surface area contributed by atoms with Crippen LogP contribution in [-0.2, 0) is 17.5 Å². The van der Waals surface area contributed by atoms with E-state index in [1.54, 1.807) is 42.7 Å². The molecule has 11 heteroatoms. The van der Waals surface area contributed by atoms with Crippen LogP contribution < -0.4 is 10.9 Å². The zero-order chi connectivity index (χ0) is 27.9. The highest BCUT2D eigenvalue weighted by atomic mass is 19.4. The topological polar surface area (TPSA) is 86.9 Å². The summed E-state index contributed by atoms with van der Waals surface area (Å²) in [6, 6.07) is 13.7. The molecule has 0 bridgehead atoms. The first-order valence-electron chi connectivity index (χ1n) is 13.2. The van der Waals surface area contributed by atoms with Crippen molar-refractivity contribution in [2.75, 3.05) is 6.61 Å². The molecule has 8 nitrogen and oxygen atoms in total. The van der Waals surface area contributed by atoms with Gasteiger partial charge in [-0.2, -0.15) is 13.2 Å². The zero-order valence-corrected chi connectivity index (χ0v) is 21.7. The van der Waals surface area contributed by atoms with E-state index in [2.05, 4.69) is 20.3 Å². The van der Waals surface area contributed by atoms with Crippen LogP contribution in [0, 0.1) is 0 Å². The number of hydrogen-bond acceptors (Lipinski definition) is 6. The largest absolute Gasteiger partial charge is 0.417 e. The van der Waals surface area contributed by atoms with Crippen molar-refractivity contribution in [2.24, 2.45) is 0 Å². The predicted molar refractivity (Wildman–Crippen MR) is 144 cm³/mol. The van der Waals surface area contributed by atoms with Gasteiger partial charge in [-0.3, -0.25) is 13.9 Å². The number of ether oxygens (including phenoxy) is 1. The number of benzene rings is 2. The van der Waals surface area contributed by atoms with Gasteiger partial charge in [0.15, 0.2) is 5.65 Å². The second kappa shape index (κ2) is 10.5. The molecular formula is C29H27F3N6O2. The van der Waals surface area contributed by atoms with Crippen LogP contribution in [-0.4, -0.2) is 30.7 Å². The summed E-state index contributed by atoms with van der Waals surface area (Å²) in [5.41, 5.74) is 1.31. The monoisotopic (exact) mass is 548 g/mol. The van der Waals surface area contributed by atoms with E-state index in [1.807, 2.05) is 11.5 Å². The van der Waals surface area contributed by atoms with Crippen molar-refractivity contribution in [3.05, 3.63) is 94.6 Å². The summed E-state index contributed by atoms with van der Waals surface area (Å²) < 4.78 is 50.8. The van der Waals surface area contributed by atoms with Crippen LogP contribution in [0.5, 0.6) is 0 Å². The Morgan fingerprint density at radius 3 is 2.65 bits per heavy atom. The first kappa shape index (κ1) is 26.1. The van der Waals surface area contributed by atoms with Crippen LogP contribution >= 0.6 is 0 Å². The first-order valence-corrected chi connectivity index (χ1v) is 13.2. The lowest BCUT2D eigenvalue weighted by Crippen LogP contribution is -2.29. The Kier molecular flexibility index (Phi) is 6.85. The maximum atomic E-state index is 13.9. The minimum absolute atomic E-state index is 0.118. The SMILES string of the molecule is C[C@H](NCc1ncnc2c1ncn2C1CCCCO1)c1cc2cccc(C(F)(F)F)c2c(=O)n1-c1ccccc1. The number of nitrogens with one attached hydrogen (secondary N) is 1. The molecule has 1 aliphatic heterocycles. The van der Waals surface area contributed by atoms with E-state index < -0.39 is 23.3 Å². The van der Waals surface area contributed by atoms with Crippen LogP contribution in [0.15, 0.2) is 72.0 Å². The van der Waals surface area contributed by atoms with Crippen molar-refractivity contribution >= 4 is 21.9 Å². The van der Waals surface area contributed by atoms with Crippen LogP contribution in [0.2, 0.25) is 0 Å². The van der Waals surface area contributed by atoms with Gasteiger partial charge in [0.25, 0.3) is 5.56 Å². The quantitative estimate of drug-likeness (QED) is 0.293. The maximum absolute atomic E-state index is 13.9. The molecular weight excluding hydrogens is 521 g/mol. The van der Waals surface area contributed by atoms with Crippen molar-refractivity contribution in [2.45, 2.75) is 51.2 Å². The Labute approximate surface area is 227 Å². The van der Waals surface area contributed by atoms with Crippen molar-refractivity contribution in [1.29, 1.82) is 0 Å². The number of hydrogen-bond donors (Lipinski definition) is 1. The molecule has 40 heavy (non-hydrogen) atoms. The molecule has 0 aliphatic carbocycles. The summed E-state index contributed by atoms with van der Waals surface area (Å²) in [7, 11) is 0. The van der Waals surface area contributed by atoms with E-state index >= 15 is 0 Å². The average Bonchev–Trinajstić information content (AvgIpc) is 3.41. The standard InChI is InChI=1S/C29H27F3N6O2/c1-18(33-15-22-26-27(35-16-34-22)37(17-36-26)24-12-5-6-13-40-24)23-14-19-8-7-11-21(29(30,31)32)25(19)28(39)38(23)20-9-3-2-4-10-20/h2-4,7-11,14,16-18,24,33H,5-6,12-13,15H2,1H3/t18-,24?/m0/s1. The number of nitrogens with zero attached hydrogens (tertiary/aromatic N) is 5. The average molecular weight is 549 g/mol. The Hall–Kier alpha value is -4.09. The predicted octanol–water partition coefficient (Wildman–Crippen LogP) is 5.70. The molecule has 2 aromatic carbocycles. The molecule has 1 saturated heterocycles. The molecule has 3 aromatic heterocycles. The zero-order valence-electron chi connectivity index (χ0n) is 21.7. The third kappa shape index (κ3) is 4.75. The van der Waals surface area contributed by atoms with Crippen molar-refractivity contribution in [3.8, 4) is 5.69 Å². The fourth-order valence-corrected chi connectivity index (χ4v) is 5.32. The molecule has 0 radical (unpaired) electrons. The third-order valence-corrected chi connectivity index (χ3v) is 7.31. The van der Waals surface area contributed by atoms with Gasteiger partial charge < -0.3 is 10.1 Å². The van der Waals surface area contributed by atoms with Gasteiger partial charge in [-0.15, -0.1) is 0 Å². The van der Waals surface area contributed by atoms with Crippen LogP contribution in [0.4, 0.5) is 13.2 Å². The highest BCUT2D eigenvalue weighted by Crippen LogP contribution is 2.34. The smallest absolute Gasteiger partial charge is 0.358 e. The molecule has 0 amide bonds. The molecule has 1 aliphatic rings. The molecule has 1 N–H and O–H groups in total. The Morgan fingerprint density at radius 2 is 1.90 bits per heavy atom.